The quantitative estimate of drug-likeness (QED) is 0.320. The second kappa shape index (κ2) is 12.1. The normalized spacial score (nSPS) is 20.7. The predicted octanol–water partition coefficient (Wildman–Crippen LogP) is 4.43. The monoisotopic (exact) mass is 324 g/mol. The van der Waals surface area contributed by atoms with Gasteiger partial charge < -0.3 is 9.47 Å². The first-order valence-electron chi connectivity index (χ1n) is 9.14. The van der Waals surface area contributed by atoms with E-state index in [0.717, 1.165) is 32.1 Å². The molecular formula is C19H32O4. The molecule has 23 heavy (non-hydrogen) atoms. The molecule has 1 rings (SSSR count). The van der Waals surface area contributed by atoms with E-state index in [-0.39, 0.29) is 30.4 Å². The summed E-state index contributed by atoms with van der Waals surface area (Å²) in [5, 5.41) is 0. The van der Waals surface area contributed by atoms with Gasteiger partial charge in [-0.05, 0) is 19.3 Å². The summed E-state index contributed by atoms with van der Waals surface area (Å²) in [4.78, 5) is 24.3. The summed E-state index contributed by atoms with van der Waals surface area (Å²) >= 11 is 0. The van der Waals surface area contributed by atoms with Gasteiger partial charge in [-0.1, -0.05) is 64.5 Å². The Balaban J connectivity index is 2.30. The van der Waals surface area contributed by atoms with Gasteiger partial charge in [-0.2, -0.15) is 0 Å². The molecule has 1 aliphatic rings. The van der Waals surface area contributed by atoms with Crippen molar-refractivity contribution in [2.75, 3.05) is 13.2 Å². The van der Waals surface area contributed by atoms with Crippen LogP contribution in [0.2, 0.25) is 0 Å². The molecule has 4 nitrogen and oxygen atoms in total. The van der Waals surface area contributed by atoms with Crippen molar-refractivity contribution in [2.45, 2.75) is 71.1 Å². The van der Waals surface area contributed by atoms with Crippen LogP contribution in [0.4, 0.5) is 0 Å². The summed E-state index contributed by atoms with van der Waals surface area (Å²) in [7, 11) is 0. The molecule has 2 unspecified atom stereocenters. The number of ether oxygens (including phenoxy) is 2. The van der Waals surface area contributed by atoms with E-state index in [1.165, 1.54) is 25.7 Å². The van der Waals surface area contributed by atoms with Crippen molar-refractivity contribution in [3.8, 4) is 0 Å². The minimum absolute atomic E-state index is 0.203. The third-order valence-electron chi connectivity index (χ3n) is 4.46. The van der Waals surface area contributed by atoms with Crippen LogP contribution in [-0.2, 0) is 19.1 Å². The van der Waals surface area contributed by atoms with Crippen molar-refractivity contribution >= 4 is 11.9 Å². The van der Waals surface area contributed by atoms with E-state index in [4.69, 9.17) is 9.47 Å². The highest BCUT2D eigenvalue weighted by molar-refractivity contribution is 5.82. The van der Waals surface area contributed by atoms with Gasteiger partial charge in [-0.3, -0.25) is 9.59 Å². The fraction of sp³-hybridized carbons (Fsp3) is 0.789. The molecule has 1 fully saturated rings. The summed E-state index contributed by atoms with van der Waals surface area (Å²) in [5.74, 6) is -1.19. The maximum absolute atomic E-state index is 12.3. The van der Waals surface area contributed by atoms with E-state index < -0.39 is 0 Å². The topological polar surface area (TPSA) is 52.6 Å². The van der Waals surface area contributed by atoms with Crippen LogP contribution in [0.15, 0.2) is 12.7 Å². The van der Waals surface area contributed by atoms with Crippen LogP contribution >= 0.6 is 0 Å². The lowest BCUT2D eigenvalue weighted by molar-refractivity contribution is -0.162. The second-order valence-electron chi connectivity index (χ2n) is 6.35. The molecule has 0 amide bonds. The zero-order valence-electron chi connectivity index (χ0n) is 14.6. The molecule has 0 aromatic heterocycles. The molecule has 1 aliphatic carbocycles. The summed E-state index contributed by atoms with van der Waals surface area (Å²) in [6.07, 6.45) is 11.9. The molecule has 0 heterocycles. The predicted molar refractivity (Wildman–Crippen MR) is 90.9 cm³/mol. The van der Waals surface area contributed by atoms with Crippen LogP contribution in [0, 0.1) is 11.8 Å². The minimum Gasteiger partial charge on any atom is -0.465 e. The molecular weight excluding hydrogens is 292 g/mol. The van der Waals surface area contributed by atoms with Crippen molar-refractivity contribution in [1.29, 1.82) is 0 Å². The number of hydrogen-bond acceptors (Lipinski definition) is 4. The maximum atomic E-state index is 12.3. The average Bonchev–Trinajstić information content (AvgIpc) is 2.58. The molecule has 0 saturated heterocycles. The van der Waals surface area contributed by atoms with Crippen LogP contribution in [0.5, 0.6) is 0 Å². The number of hydrogen-bond donors (Lipinski definition) is 0. The maximum Gasteiger partial charge on any atom is 0.310 e. The van der Waals surface area contributed by atoms with Gasteiger partial charge in [0.05, 0.1) is 18.4 Å². The molecule has 132 valence electrons. The molecule has 0 spiro atoms. The smallest absolute Gasteiger partial charge is 0.310 e. The summed E-state index contributed by atoms with van der Waals surface area (Å²) in [5.41, 5.74) is 0. The van der Waals surface area contributed by atoms with Gasteiger partial charge in [-0.25, -0.2) is 0 Å². The Kier molecular flexibility index (Phi) is 10.4. The first-order valence-corrected chi connectivity index (χ1v) is 9.14. The van der Waals surface area contributed by atoms with Gasteiger partial charge >= 0.3 is 11.9 Å². The Bertz CT molecular complexity index is 364. The van der Waals surface area contributed by atoms with Crippen molar-refractivity contribution < 1.29 is 19.1 Å². The van der Waals surface area contributed by atoms with E-state index in [9.17, 15) is 9.59 Å². The van der Waals surface area contributed by atoms with E-state index in [2.05, 4.69) is 13.5 Å². The van der Waals surface area contributed by atoms with Gasteiger partial charge in [0.2, 0.25) is 0 Å². The Hall–Kier alpha value is -1.32. The van der Waals surface area contributed by atoms with E-state index in [0.29, 0.717) is 13.0 Å². The summed E-state index contributed by atoms with van der Waals surface area (Å²) in [6.45, 7) is 6.41. The fourth-order valence-electron chi connectivity index (χ4n) is 3.11. The van der Waals surface area contributed by atoms with Crippen LogP contribution < -0.4 is 0 Å². The third-order valence-corrected chi connectivity index (χ3v) is 4.46. The molecule has 0 bridgehead atoms. The van der Waals surface area contributed by atoms with Crippen molar-refractivity contribution in [3.05, 3.63) is 12.7 Å². The Labute approximate surface area is 140 Å². The van der Waals surface area contributed by atoms with Gasteiger partial charge in [0.1, 0.15) is 6.61 Å². The lowest BCUT2D eigenvalue weighted by atomic mass is 9.79. The lowest BCUT2D eigenvalue weighted by Gasteiger charge is -2.28. The summed E-state index contributed by atoms with van der Waals surface area (Å²) in [6, 6.07) is 0. The van der Waals surface area contributed by atoms with Gasteiger partial charge in [0.25, 0.3) is 0 Å². The fourth-order valence-corrected chi connectivity index (χ4v) is 3.11. The number of esters is 2. The van der Waals surface area contributed by atoms with Crippen molar-refractivity contribution in [3.63, 3.8) is 0 Å². The first-order chi connectivity index (χ1) is 11.2. The van der Waals surface area contributed by atoms with E-state index in [1.807, 2.05) is 0 Å². The molecule has 2 atom stereocenters. The standard InChI is InChI=1S/C19H32O4/c1-3-5-6-7-8-11-15-23-19(21)17-13-10-9-12-16(17)18(20)22-14-4-2/h4,16-17H,2-3,5-15H2,1H3. The number of unbranched alkanes of at least 4 members (excludes halogenated alkanes) is 5. The van der Waals surface area contributed by atoms with Gasteiger partial charge in [0, 0.05) is 0 Å². The average molecular weight is 324 g/mol. The number of rotatable bonds is 11. The zero-order valence-corrected chi connectivity index (χ0v) is 14.6. The number of carbonyl (C=O) groups is 2. The van der Waals surface area contributed by atoms with Crippen LogP contribution in [0.1, 0.15) is 71.1 Å². The zero-order chi connectivity index (χ0) is 16.9. The molecule has 1 saturated carbocycles. The molecule has 0 radical (unpaired) electrons. The summed E-state index contributed by atoms with van der Waals surface area (Å²) < 4.78 is 10.5. The third kappa shape index (κ3) is 7.67. The number of carbonyl (C=O) groups excluding carboxylic acids is 2. The Morgan fingerprint density at radius 1 is 0.957 bits per heavy atom. The SMILES string of the molecule is C=CCOC(=O)C1CCCCC1C(=O)OCCCCCCCC. The highest BCUT2D eigenvalue weighted by Crippen LogP contribution is 2.32. The van der Waals surface area contributed by atoms with Crippen LogP contribution in [0.25, 0.3) is 0 Å². The minimum atomic E-state index is -0.347. The Morgan fingerprint density at radius 3 is 2.13 bits per heavy atom. The highest BCUT2D eigenvalue weighted by Gasteiger charge is 2.37. The second-order valence-corrected chi connectivity index (χ2v) is 6.35. The molecule has 4 heteroatoms. The molecule has 0 aliphatic heterocycles. The molecule has 0 aromatic rings. The molecule has 0 aromatic carbocycles. The van der Waals surface area contributed by atoms with Crippen molar-refractivity contribution in [2.24, 2.45) is 11.8 Å². The van der Waals surface area contributed by atoms with Crippen LogP contribution in [0.3, 0.4) is 0 Å². The highest BCUT2D eigenvalue weighted by atomic mass is 16.5. The van der Waals surface area contributed by atoms with Crippen LogP contribution in [-0.4, -0.2) is 25.2 Å². The molecule has 0 N–H and O–H groups in total. The first kappa shape index (κ1) is 19.7. The lowest BCUT2D eigenvalue weighted by Crippen LogP contribution is -2.35. The van der Waals surface area contributed by atoms with Crippen molar-refractivity contribution in [1.82, 2.24) is 0 Å². The van der Waals surface area contributed by atoms with Gasteiger partial charge in [0.15, 0.2) is 0 Å². The van der Waals surface area contributed by atoms with E-state index >= 15 is 0 Å². The van der Waals surface area contributed by atoms with Gasteiger partial charge in [-0.15, -0.1) is 0 Å². The van der Waals surface area contributed by atoms with E-state index in [1.54, 1.807) is 6.08 Å². The largest absolute Gasteiger partial charge is 0.465 e. The Morgan fingerprint density at radius 2 is 1.52 bits per heavy atom.